The van der Waals surface area contributed by atoms with Crippen molar-refractivity contribution < 1.29 is 32.7 Å². The number of halogens is 4. The van der Waals surface area contributed by atoms with Gasteiger partial charge in [-0.3, -0.25) is 9.59 Å². The van der Waals surface area contributed by atoms with Crippen molar-refractivity contribution in [2.75, 3.05) is 37.2 Å². The molecule has 3 rings (SSSR count). The highest BCUT2D eigenvalue weighted by Crippen LogP contribution is 2.39. The van der Waals surface area contributed by atoms with Crippen LogP contribution in [0.15, 0.2) is 24.3 Å². The summed E-state index contributed by atoms with van der Waals surface area (Å²) < 4.78 is 31.7. The third-order valence-electron chi connectivity index (χ3n) is 4.61. The molecule has 5 N–H and O–H groups in total. The van der Waals surface area contributed by atoms with Crippen LogP contribution < -0.4 is 16.4 Å². The summed E-state index contributed by atoms with van der Waals surface area (Å²) >= 11 is 7.16. The SMILES string of the molecule is CC(C)(C)Nc1sc(C(=O)c2ccc(Cl)cc2)c(N)c1C(=O)N1CCNCC1.O=C(O)C(F)(F)F. The monoisotopic (exact) mass is 534 g/mol. The summed E-state index contributed by atoms with van der Waals surface area (Å²) in [5, 5.41) is 14.9. The molecule has 1 aromatic heterocycles. The number of nitrogen functional groups attached to an aromatic ring is 1. The van der Waals surface area contributed by atoms with E-state index < -0.39 is 12.1 Å². The van der Waals surface area contributed by atoms with Crippen LogP contribution in [0, 0.1) is 0 Å². The van der Waals surface area contributed by atoms with Crippen LogP contribution >= 0.6 is 22.9 Å². The number of rotatable bonds is 4. The van der Waals surface area contributed by atoms with Gasteiger partial charge in [0.15, 0.2) is 0 Å². The maximum Gasteiger partial charge on any atom is 0.490 e. The average molecular weight is 535 g/mol. The number of piperazine rings is 1. The van der Waals surface area contributed by atoms with Crippen LogP contribution in [-0.4, -0.2) is 65.6 Å². The summed E-state index contributed by atoms with van der Waals surface area (Å²) in [4.78, 5) is 37.3. The minimum absolute atomic E-state index is 0.142. The van der Waals surface area contributed by atoms with E-state index in [1.165, 1.54) is 11.3 Å². The lowest BCUT2D eigenvalue weighted by atomic mass is 10.1. The summed E-state index contributed by atoms with van der Waals surface area (Å²) in [6.45, 7) is 8.73. The van der Waals surface area contributed by atoms with E-state index in [0.717, 1.165) is 13.1 Å². The molecule has 35 heavy (non-hydrogen) atoms. The minimum atomic E-state index is -5.08. The molecule has 1 aliphatic heterocycles. The maximum absolute atomic E-state index is 13.2. The van der Waals surface area contributed by atoms with E-state index in [1.807, 2.05) is 20.8 Å². The molecule has 8 nitrogen and oxygen atoms in total. The first-order valence-corrected chi connectivity index (χ1v) is 11.6. The van der Waals surface area contributed by atoms with Gasteiger partial charge in [0.25, 0.3) is 5.91 Å². The van der Waals surface area contributed by atoms with Gasteiger partial charge >= 0.3 is 12.1 Å². The Kier molecular flexibility index (Phi) is 9.15. The van der Waals surface area contributed by atoms with Crippen LogP contribution in [0.25, 0.3) is 0 Å². The summed E-state index contributed by atoms with van der Waals surface area (Å²) in [6.07, 6.45) is -5.08. The van der Waals surface area contributed by atoms with Crippen LogP contribution in [-0.2, 0) is 4.79 Å². The number of nitrogens with two attached hydrogens (primary N) is 1. The Morgan fingerprint density at radius 3 is 2.09 bits per heavy atom. The van der Waals surface area contributed by atoms with E-state index in [4.69, 9.17) is 27.2 Å². The molecular formula is C22H26ClF3N4O4S. The second-order valence-corrected chi connectivity index (χ2v) is 10.1. The van der Waals surface area contributed by atoms with Crippen molar-refractivity contribution in [3.8, 4) is 0 Å². The van der Waals surface area contributed by atoms with Gasteiger partial charge < -0.3 is 26.4 Å². The second kappa shape index (κ2) is 11.3. The number of carbonyl (C=O) groups is 3. The van der Waals surface area contributed by atoms with E-state index in [1.54, 1.807) is 29.2 Å². The van der Waals surface area contributed by atoms with Crippen molar-refractivity contribution in [3.05, 3.63) is 45.3 Å². The number of carbonyl (C=O) groups excluding carboxylic acids is 2. The molecule has 1 amide bonds. The van der Waals surface area contributed by atoms with Crippen molar-refractivity contribution >= 4 is 51.3 Å². The van der Waals surface area contributed by atoms with Crippen molar-refractivity contribution in [3.63, 3.8) is 0 Å². The van der Waals surface area contributed by atoms with Crippen LogP contribution in [0.3, 0.4) is 0 Å². The van der Waals surface area contributed by atoms with Crippen molar-refractivity contribution in [2.45, 2.75) is 32.5 Å². The summed E-state index contributed by atoms with van der Waals surface area (Å²) in [7, 11) is 0. The molecule has 192 valence electrons. The number of aliphatic carboxylic acids is 1. The number of hydrogen-bond donors (Lipinski definition) is 4. The Labute approximate surface area is 209 Å². The smallest absolute Gasteiger partial charge is 0.475 e. The number of amides is 1. The van der Waals surface area contributed by atoms with Crippen molar-refractivity contribution in [1.29, 1.82) is 0 Å². The van der Waals surface area contributed by atoms with Gasteiger partial charge in [0.2, 0.25) is 5.78 Å². The Morgan fingerprint density at radius 2 is 1.63 bits per heavy atom. The number of nitrogens with one attached hydrogen (secondary N) is 2. The number of carboxylic acid groups (broad SMARTS) is 1. The Morgan fingerprint density at radius 1 is 1.11 bits per heavy atom. The van der Waals surface area contributed by atoms with Gasteiger partial charge in [-0.1, -0.05) is 11.6 Å². The summed E-state index contributed by atoms with van der Waals surface area (Å²) in [5.74, 6) is -3.11. The third-order valence-corrected chi connectivity index (χ3v) is 5.98. The number of alkyl halides is 3. The first-order chi connectivity index (χ1) is 16.1. The quantitative estimate of drug-likeness (QED) is 0.435. The number of benzene rings is 1. The predicted octanol–water partition coefficient (Wildman–Crippen LogP) is 4.10. The normalized spacial score (nSPS) is 14.1. The van der Waals surface area contributed by atoms with Gasteiger partial charge in [-0.05, 0) is 45.0 Å². The molecule has 0 spiro atoms. The van der Waals surface area contributed by atoms with E-state index in [0.29, 0.717) is 39.1 Å². The van der Waals surface area contributed by atoms with Crippen molar-refractivity contribution in [1.82, 2.24) is 10.2 Å². The lowest BCUT2D eigenvalue weighted by molar-refractivity contribution is -0.192. The fraction of sp³-hybridized carbons (Fsp3) is 0.409. The third kappa shape index (κ3) is 7.84. The van der Waals surface area contributed by atoms with Crippen LogP contribution in [0.2, 0.25) is 5.02 Å². The van der Waals surface area contributed by atoms with Gasteiger partial charge in [0, 0.05) is 42.3 Å². The number of nitrogens with zero attached hydrogens (tertiary/aromatic N) is 1. The Balaban J connectivity index is 0.000000540. The standard InChI is InChI=1S/C20H25ClN4O2S.C2HF3O2/c1-20(2,3)24-18-14(19(27)25-10-8-23-9-11-25)15(22)17(28-18)16(26)12-4-6-13(21)7-5-12;3-2(4,5)1(6)7/h4-7,23-24H,8-11,22H2,1-3H3;(H,6,7). The Bertz CT molecular complexity index is 1080. The fourth-order valence-corrected chi connectivity index (χ4v) is 4.42. The fourth-order valence-electron chi connectivity index (χ4n) is 3.01. The zero-order valence-electron chi connectivity index (χ0n) is 19.3. The van der Waals surface area contributed by atoms with Crippen LogP contribution in [0.4, 0.5) is 23.9 Å². The molecule has 13 heteroatoms. The largest absolute Gasteiger partial charge is 0.490 e. The molecule has 1 fully saturated rings. The number of carboxylic acids is 1. The molecule has 2 heterocycles. The molecule has 2 aromatic rings. The molecule has 1 aliphatic rings. The van der Waals surface area contributed by atoms with Gasteiger partial charge in [-0.2, -0.15) is 13.2 Å². The maximum atomic E-state index is 13.2. The average Bonchev–Trinajstić information content (AvgIpc) is 3.07. The van der Waals surface area contributed by atoms with Crippen molar-refractivity contribution in [2.24, 2.45) is 0 Å². The summed E-state index contributed by atoms with van der Waals surface area (Å²) in [5.41, 5.74) is 7.19. The minimum Gasteiger partial charge on any atom is -0.475 e. The lowest BCUT2D eigenvalue weighted by Gasteiger charge is -2.28. The van der Waals surface area contributed by atoms with E-state index in [9.17, 15) is 22.8 Å². The molecule has 0 radical (unpaired) electrons. The predicted molar refractivity (Wildman–Crippen MR) is 129 cm³/mol. The Hall–Kier alpha value is -2.83. The highest BCUT2D eigenvalue weighted by Gasteiger charge is 2.38. The van der Waals surface area contributed by atoms with Crippen LogP contribution in [0.5, 0.6) is 0 Å². The van der Waals surface area contributed by atoms with E-state index in [-0.39, 0.29) is 22.9 Å². The molecule has 1 saturated heterocycles. The van der Waals surface area contributed by atoms with E-state index >= 15 is 0 Å². The van der Waals surface area contributed by atoms with Gasteiger partial charge in [0.1, 0.15) is 9.88 Å². The van der Waals surface area contributed by atoms with Crippen LogP contribution in [0.1, 0.15) is 46.4 Å². The molecule has 0 aliphatic carbocycles. The lowest BCUT2D eigenvalue weighted by Crippen LogP contribution is -2.46. The zero-order chi connectivity index (χ0) is 26.6. The van der Waals surface area contributed by atoms with Gasteiger partial charge in [-0.25, -0.2) is 4.79 Å². The van der Waals surface area contributed by atoms with E-state index in [2.05, 4.69) is 10.6 Å². The molecule has 0 bridgehead atoms. The highest BCUT2D eigenvalue weighted by atomic mass is 35.5. The summed E-state index contributed by atoms with van der Waals surface area (Å²) in [6, 6.07) is 6.66. The molecule has 1 aromatic carbocycles. The number of anilines is 2. The number of thiophene rings is 1. The number of ketones is 1. The molecule has 0 unspecified atom stereocenters. The number of hydrogen-bond acceptors (Lipinski definition) is 7. The first kappa shape index (κ1) is 28.4. The molecule has 0 atom stereocenters. The topological polar surface area (TPSA) is 125 Å². The second-order valence-electron chi connectivity index (χ2n) is 8.61. The zero-order valence-corrected chi connectivity index (χ0v) is 20.8. The molecule has 0 saturated carbocycles. The van der Waals surface area contributed by atoms with Gasteiger partial charge in [-0.15, -0.1) is 11.3 Å². The van der Waals surface area contributed by atoms with Gasteiger partial charge in [0.05, 0.1) is 11.3 Å². The first-order valence-electron chi connectivity index (χ1n) is 10.4. The molecular weight excluding hydrogens is 509 g/mol. The highest BCUT2D eigenvalue weighted by molar-refractivity contribution is 7.19.